The lowest BCUT2D eigenvalue weighted by Gasteiger charge is -2.34. The van der Waals surface area contributed by atoms with E-state index in [1.807, 2.05) is 26.6 Å². The number of anilines is 4. The first-order chi connectivity index (χ1) is 35.5. The first kappa shape index (κ1) is 57.5. The summed E-state index contributed by atoms with van der Waals surface area (Å²) in [4.78, 5) is 38.3. The van der Waals surface area contributed by atoms with E-state index in [2.05, 4.69) is 188 Å². The molecule has 4 aromatic carbocycles. The third-order valence-corrected chi connectivity index (χ3v) is 15.7. The molecule has 5 heterocycles. The first-order valence-corrected chi connectivity index (χ1v) is 28.0. The summed E-state index contributed by atoms with van der Waals surface area (Å²) in [5, 5.41) is 18.4. The van der Waals surface area contributed by atoms with Crippen molar-refractivity contribution in [1.82, 2.24) is 14.5 Å². The minimum atomic E-state index is -0.648. The third-order valence-electron chi connectivity index (χ3n) is 15.7. The normalized spacial score (nSPS) is 17.1. The van der Waals surface area contributed by atoms with Crippen LogP contribution >= 0.6 is 0 Å². The number of imidazole rings is 1. The molecule has 9 rings (SSSR count). The van der Waals surface area contributed by atoms with Crippen molar-refractivity contribution in [1.29, 1.82) is 0 Å². The van der Waals surface area contributed by atoms with Gasteiger partial charge in [-0.05, 0) is 146 Å². The maximum Gasteiger partial charge on any atom is 0.306 e. The van der Waals surface area contributed by atoms with Crippen LogP contribution in [0.1, 0.15) is 159 Å². The fourth-order valence-electron chi connectivity index (χ4n) is 10.4. The van der Waals surface area contributed by atoms with Crippen molar-refractivity contribution in [2.45, 2.75) is 143 Å². The summed E-state index contributed by atoms with van der Waals surface area (Å²) in [7, 11) is 3.69. The van der Waals surface area contributed by atoms with E-state index in [4.69, 9.17) is 5.11 Å². The second kappa shape index (κ2) is 28.2. The van der Waals surface area contributed by atoms with Crippen LogP contribution in [0.5, 0.6) is 0 Å². The molecule has 0 spiro atoms. The van der Waals surface area contributed by atoms with Crippen LogP contribution in [-0.2, 0) is 9.59 Å². The number of carbonyl (C=O) groups is 2. The Morgan fingerprint density at radius 2 is 0.770 bits per heavy atom. The molecule has 0 unspecified atom stereocenters. The van der Waals surface area contributed by atoms with Crippen LogP contribution in [0.15, 0.2) is 116 Å². The quantitative estimate of drug-likeness (QED) is 0.134. The van der Waals surface area contributed by atoms with E-state index in [0.29, 0.717) is 29.7 Å². The second-order valence-corrected chi connectivity index (χ2v) is 22.5. The zero-order valence-corrected chi connectivity index (χ0v) is 46.7. The van der Waals surface area contributed by atoms with Crippen molar-refractivity contribution in [3.8, 4) is 0 Å². The van der Waals surface area contributed by atoms with Crippen LogP contribution in [0.3, 0.4) is 0 Å². The van der Waals surface area contributed by atoms with E-state index in [1.54, 1.807) is 4.90 Å². The lowest BCUT2D eigenvalue weighted by molar-refractivity contribution is -0.142. The smallest absolute Gasteiger partial charge is 0.306 e. The highest BCUT2D eigenvalue weighted by molar-refractivity contribution is 5.78. The Balaban J connectivity index is 0.000000161. The molecule has 0 bridgehead atoms. The number of carboxylic acids is 1. The van der Waals surface area contributed by atoms with Crippen molar-refractivity contribution in [2.24, 2.45) is 11.8 Å². The Bertz CT molecular complexity index is 2370. The molecule has 1 aromatic heterocycles. The number of amides is 1. The fourth-order valence-corrected chi connectivity index (χ4v) is 10.4. The maximum atomic E-state index is 12.0. The topological polar surface area (TPSA) is 109 Å². The number of benzene rings is 4. The number of aliphatic hydroxyl groups is 1. The molecule has 4 aliphatic rings. The van der Waals surface area contributed by atoms with Crippen LogP contribution in [-0.4, -0.2) is 109 Å². The number of aliphatic carboxylic acids is 1. The Kier molecular flexibility index (Phi) is 21.9. The summed E-state index contributed by atoms with van der Waals surface area (Å²) >= 11 is 0. The molecule has 2 N–H and O–H groups in total. The Labute approximate surface area is 445 Å². The molecule has 0 atom stereocenters. The van der Waals surface area contributed by atoms with Gasteiger partial charge in [0, 0.05) is 114 Å². The Hall–Kier alpha value is -5.81. The van der Waals surface area contributed by atoms with Gasteiger partial charge in [-0.1, -0.05) is 104 Å². The average Bonchev–Trinajstić information content (AvgIpc) is 3.97. The summed E-state index contributed by atoms with van der Waals surface area (Å²) in [6.07, 6.45) is 13.4. The molecule has 4 saturated heterocycles. The lowest BCUT2D eigenvalue weighted by atomic mass is 9.95. The minimum Gasteiger partial charge on any atom is -0.481 e. The van der Waals surface area contributed by atoms with Gasteiger partial charge in [0.25, 0.3) is 0 Å². The van der Waals surface area contributed by atoms with Gasteiger partial charge < -0.3 is 39.3 Å². The predicted octanol–water partition coefficient (Wildman–Crippen LogP) is 12.8. The molecule has 0 saturated carbocycles. The fraction of sp³-hybridized carbons (Fsp3) is 0.540. The minimum absolute atomic E-state index is 0.0915. The molecule has 4 aliphatic heterocycles. The summed E-state index contributed by atoms with van der Waals surface area (Å²) < 4.78 is 2.25. The van der Waals surface area contributed by atoms with Gasteiger partial charge in [0.05, 0.1) is 18.3 Å². The second-order valence-electron chi connectivity index (χ2n) is 22.5. The zero-order valence-electron chi connectivity index (χ0n) is 46.7. The summed E-state index contributed by atoms with van der Waals surface area (Å²) in [5.41, 5.74) is 10.7. The third kappa shape index (κ3) is 16.9. The van der Waals surface area contributed by atoms with Crippen molar-refractivity contribution >= 4 is 34.6 Å². The molecule has 0 aliphatic carbocycles. The molecule has 4 fully saturated rings. The molecule has 1 amide bonds. The number of rotatable bonds is 11. The molecule has 5 aromatic rings. The number of carbonyl (C=O) groups excluding carboxylic acids is 1. The maximum absolute atomic E-state index is 12.0. The predicted molar refractivity (Wildman–Crippen MR) is 308 cm³/mol. The van der Waals surface area contributed by atoms with E-state index in [1.165, 1.54) is 57.8 Å². The van der Waals surface area contributed by atoms with Gasteiger partial charge in [0.2, 0.25) is 5.91 Å². The van der Waals surface area contributed by atoms with E-state index in [9.17, 15) is 14.7 Å². The van der Waals surface area contributed by atoms with Crippen molar-refractivity contribution in [2.75, 3.05) is 86.1 Å². The summed E-state index contributed by atoms with van der Waals surface area (Å²) in [6.45, 7) is 25.6. The largest absolute Gasteiger partial charge is 0.481 e. The van der Waals surface area contributed by atoms with Gasteiger partial charge in [-0.3, -0.25) is 9.59 Å². The number of aliphatic hydroxyl groups excluding tert-OH is 1. The van der Waals surface area contributed by atoms with Gasteiger partial charge in [0.15, 0.2) is 0 Å². The van der Waals surface area contributed by atoms with E-state index >= 15 is 0 Å². The zero-order chi connectivity index (χ0) is 53.3. The number of piperidine rings is 4. The molecule has 11 heteroatoms. The average molecular weight is 1010 g/mol. The van der Waals surface area contributed by atoms with Crippen molar-refractivity contribution in [3.05, 3.63) is 138 Å². The van der Waals surface area contributed by atoms with Gasteiger partial charge in [-0.25, -0.2) is 4.98 Å². The van der Waals surface area contributed by atoms with E-state index < -0.39 is 5.97 Å². The number of hydrogen-bond donors (Lipinski definition) is 2. The number of carboxylic acid groups (broad SMARTS) is 1. The summed E-state index contributed by atoms with van der Waals surface area (Å²) in [5.74, 6) is 2.01. The first-order valence-electron chi connectivity index (χ1n) is 28.0. The van der Waals surface area contributed by atoms with Crippen LogP contribution in [0.4, 0.5) is 22.7 Å². The van der Waals surface area contributed by atoms with Crippen molar-refractivity contribution < 1.29 is 19.8 Å². The monoisotopic (exact) mass is 1010 g/mol. The molecule has 402 valence electrons. The van der Waals surface area contributed by atoms with E-state index in [-0.39, 0.29) is 23.8 Å². The van der Waals surface area contributed by atoms with Crippen molar-refractivity contribution in [3.63, 3.8) is 0 Å². The number of nitrogens with zero attached hydrogens (tertiary/aromatic N) is 7. The Morgan fingerprint density at radius 1 is 0.473 bits per heavy atom. The Morgan fingerprint density at radius 3 is 1.04 bits per heavy atom. The van der Waals surface area contributed by atoms with Crippen LogP contribution in [0.2, 0.25) is 0 Å². The van der Waals surface area contributed by atoms with Gasteiger partial charge >= 0.3 is 5.97 Å². The van der Waals surface area contributed by atoms with Gasteiger partial charge in [-0.15, -0.1) is 0 Å². The number of aromatic nitrogens is 2. The van der Waals surface area contributed by atoms with E-state index in [0.717, 1.165) is 90.9 Å². The van der Waals surface area contributed by atoms with Gasteiger partial charge in [-0.2, -0.15) is 0 Å². The molecule has 0 radical (unpaired) electrons. The molecular weight excluding hydrogens is 919 g/mol. The number of hydrogen-bond acceptors (Lipinski definition) is 8. The SMILES string of the molecule is CC(C)c1ccc(N2CCC(C(=O)N(C)C)CC2)cc1.CC(C)c1ccc(N2CCC(C(=O)O)CC2)cc1.CC(C)c1ccc(N2CCC(O)CC2)cc1.CC(C)c1ccc(N2CCC(n3ccnc3)CC2)cc1. The van der Waals surface area contributed by atoms with Gasteiger partial charge in [0.1, 0.15) is 0 Å². The highest BCUT2D eigenvalue weighted by atomic mass is 16.4. The van der Waals surface area contributed by atoms with Crippen LogP contribution < -0.4 is 19.6 Å². The van der Waals surface area contributed by atoms with Crippen LogP contribution in [0, 0.1) is 11.8 Å². The highest BCUT2D eigenvalue weighted by Gasteiger charge is 2.27. The van der Waals surface area contributed by atoms with Crippen LogP contribution in [0.25, 0.3) is 0 Å². The molecule has 11 nitrogen and oxygen atoms in total. The summed E-state index contributed by atoms with van der Waals surface area (Å²) in [6, 6.07) is 36.0. The lowest BCUT2D eigenvalue weighted by Crippen LogP contribution is -2.40. The molecular formula is C63H91N7O4. The highest BCUT2D eigenvalue weighted by Crippen LogP contribution is 2.30. The molecule has 74 heavy (non-hydrogen) atoms. The standard InChI is InChI=1S/C17H23N3.C17H26N2O.C15H21NO2.C14H21NO/c1-14(2)15-3-5-16(6-4-15)19-10-7-17(8-11-19)20-12-9-18-13-20;1-13(2)14-5-7-16(8-6-14)19-11-9-15(10-12-19)17(20)18(3)4;1-11(2)12-3-5-14(6-4-12)16-9-7-13(8-10-16)15(17)18;1-11(2)12-3-5-13(6-4-12)15-9-7-14(16)8-10-15/h3-6,9,12-14,17H,7-8,10-11H2,1-2H3;5-8,13,15H,9-12H2,1-4H3;3-6,11,13H,7-10H2,1-2H3,(H,17,18);3-6,11,14,16H,7-10H2,1-2H3.